The van der Waals surface area contributed by atoms with Gasteiger partial charge in [-0.1, -0.05) is 23.7 Å². The number of fused-ring (bicyclic) bond motifs is 1. The van der Waals surface area contributed by atoms with E-state index in [1.165, 1.54) is 17.0 Å². The van der Waals surface area contributed by atoms with Gasteiger partial charge in [0.05, 0.1) is 17.2 Å². The number of nitro groups is 1. The third kappa shape index (κ3) is 4.78. The summed E-state index contributed by atoms with van der Waals surface area (Å²) in [6.07, 6.45) is 0.763. The van der Waals surface area contributed by atoms with E-state index < -0.39 is 10.9 Å². The quantitative estimate of drug-likeness (QED) is 0.374. The molecule has 9 heteroatoms. The van der Waals surface area contributed by atoms with Gasteiger partial charge in [0.15, 0.2) is 0 Å². The normalized spacial score (nSPS) is 14.3. The molecule has 0 saturated carbocycles. The third-order valence-electron chi connectivity index (χ3n) is 4.50. The summed E-state index contributed by atoms with van der Waals surface area (Å²) >= 11 is 5.91. The van der Waals surface area contributed by atoms with Crippen molar-refractivity contribution in [2.75, 3.05) is 11.4 Å². The lowest BCUT2D eigenvalue weighted by Crippen LogP contribution is -2.29. The summed E-state index contributed by atoms with van der Waals surface area (Å²) in [6.45, 7) is 0.510. The molecular weight excluding hydrogens is 398 g/mol. The van der Waals surface area contributed by atoms with Crippen LogP contribution in [0.5, 0.6) is 0 Å². The Hall–Kier alpha value is -3.26. The SMILES string of the molecule is O=C([O-])CCCCN=C1C(=O)N(Cc2ccc(Cl)cc2)c2ccc([N+](=O)[O-])cc21. The van der Waals surface area contributed by atoms with Crippen LogP contribution in [-0.4, -0.2) is 29.1 Å². The maximum atomic E-state index is 13.0. The van der Waals surface area contributed by atoms with Gasteiger partial charge in [0.2, 0.25) is 0 Å². The molecule has 8 nitrogen and oxygen atoms in total. The molecule has 1 amide bonds. The number of rotatable bonds is 8. The molecular formula is C20H17ClN3O5-. The molecule has 0 N–H and O–H groups in total. The zero-order valence-corrected chi connectivity index (χ0v) is 16.1. The number of hydrogen-bond acceptors (Lipinski definition) is 6. The molecule has 0 unspecified atom stereocenters. The molecule has 0 aliphatic carbocycles. The number of aliphatic imine (C=N–C) groups is 1. The zero-order valence-electron chi connectivity index (χ0n) is 15.3. The van der Waals surface area contributed by atoms with Gasteiger partial charge in [0.25, 0.3) is 11.6 Å². The Kier molecular flexibility index (Phi) is 6.23. The fraction of sp³-hybridized carbons (Fsp3) is 0.250. The number of halogens is 1. The molecule has 2 aromatic rings. The molecule has 0 radical (unpaired) electrons. The fourth-order valence-electron chi connectivity index (χ4n) is 3.07. The zero-order chi connectivity index (χ0) is 21.0. The van der Waals surface area contributed by atoms with E-state index in [-0.39, 0.29) is 36.8 Å². The Bertz CT molecular complexity index is 988. The van der Waals surface area contributed by atoms with E-state index >= 15 is 0 Å². The van der Waals surface area contributed by atoms with E-state index in [1.807, 2.05) is 0 Å². The number of carboxylic acid groups (broad SMARTS) is 1. The summed E-state index contributed by atoms with van der Waals surface area (Å²) in [5, 5.41) is 22.2. The average Bonchev–Trinajstić information content (AvgIpc) is 2.94. The summed E-state index contributed by atoms with van der Waals surface area (Å²) in [6, 6.07) is 11.3. The van der Waals surface area contributed by atoms with E-state index in [0.717, 1.165) is 5.56 Å². The molecule has 150 valence electrons. The maximum absolute atomic E-state index is 13.0. The van der Waals surface area contributed by atoms with Crippen molar-refractivity contribution in [2.24, 2.45) is 4.99 Å². The molecule has 29 heavy (non-hydrogen) atoms. The molecule has 1 heterocycles. The highest BCUT2D eigenvalue weighted by Crippen LogP contribution is 2.34. The second-order valence-electron chi connectivity index (χ2n) is 6.54. The average molecular weight is 415 g/mol. The van der Waals surface area contributed by atoms with E-state index in [1.54, 1.807) is 30.3 Å². The largest absolute Gasteiger partial charge is 0.550 e. The first-order chi connectivity index (χ1) is 13.9. The molecule has 0 saturated heterocycles. The summed E-state index contributed by atoms with van der Waals surface area (Å²) < 4.78 is 0. The number of aliphatic carboxylic acids is 1. The third-order valence-corrected chi connectivity index (χ3v) is 4.75. The molecule has 1 aliphatic rings. The minimum atomic E-state index is -1.13. The van der Waals surface area contributed by atoms with Crippen LogP contribution >= 0.6 is 11.6 Å². The van der Waals surface area contributed by atoms with Crippen LogP contribution in [0.15, 0.2) is 47.5 Å². The van der Waals surface area contributed by atoms with E-state index in [2.05, 4.69) is 4.99 Å². The van der Waals surface area contributed by atoms with Crippen molar-refractivity contribution in [3.05, 3.63) is 68.7 Å². The van der Waals surface area contributed by atoms with Crippen molar-refractivity contribution in [1.82, 2.24) is 0 Å². The van der Waals surface area contributed by atoms with E-state index in [9.17, 15) is 24.8 Å². The number of hydrogen-bond donors (Lipinski definition) is 0. The first-order valence-electron chi connectivity index (χ1n) is 8.96. The number of benzene rings is 2. The van der Waals surface area contributed by atoms with Gasteiger partial charge in [-0.2, -0.15) is 0 Å². The van der Waals surface area contributed by atoms with Crippen molar-refractivity contribution in [1.29, 1.82) is 0 Å². The molecule has 0 aromatic heterocycles. The Balaban J connectivity index is 1.88. The van der Waals surface area contributed by atoms with Crippen LogP contribution in [-0.2, 0) is 16.1 Å². The lowest BCUT2D eigenvalue weighted by atomic mass is 10.1. The van der Waals surface area contributed by atoms with Crippen molar-refractivity contribution in [2.45, 2.75) is 25.8 Å². The topological polar surface area (TPSA) is 116 Å². The lowest BCUT2D eigenvalue weighted by Gasteiger charge is -2.17. The maximum Gasteiger partial charge on any atom is 0.277 e. The highest BCUT2D eigenvalue weighted by Gasteiger charge is 2.35. The van der Waals surface area contributed by atoms with Crippen LogP contribution in [0, 0.1) is 10.1 Å². The number of nitrogens with zero attached hydrogens (tertiary/aromatic N) is 3. The Labute approximate surface area is 171 Å². The minimum absolute atomic E-state index is 0.0798. The number of unbranched alkanes of at least 4 members (excludes halogenated alkanes) is 1. The van der Waals surface area contributed by atoms with Crippen LogP contribution in [0.3, 0.4) is 0 Å². The van der Waals surface area contributed by atoms with Crippen LogP contribution in [0.4, 0.5) is 11.4 Å². The molecule has 3 rings (SSSR count). The van der Waals surface area contributed by atoms with Gasteiger partial charge in [0.1, 0.15) is 5.71 Å². The molecule has 0 fully saturated rings. The summed E-state index contributed by atoms with van der Waals surface area (Å²) in [4.78, 5) is 39.9. The minimum Gasteiger partial charge on any atom is -0.550 e. The van der Waals surface area contributed by atoms with Gasteiger partial charge in [-0.25, -0.2) is 0 Å². The monoisotopic (exact) mass is 414 g/mol. The Morgan fingerprint density at radius 3 is 2.52 bits per heavy atom. The van der Waals surface area contributed by atoms with Crippen LogP contribution < -0.4 is 10.0 Å². The number of anilines is 1. The van der Waals surface area contributed by atoms with Gasteiger partial charge in [-0.3, -0.25) is 19.9 Å². The first-order valence-corrected chi connectivity index (χ1v) is 9.34. The predicted molar refractivity (Wildman–Crippen MR) is 106 cm³/mol. The fourth-order valence-corrected chi connectivity index (χ4v) is 3.20. The highest BCUT2D eigenvalue weighted by atomic mass is 35.5. The number of nitro benzene ring substituents is 1. The molecule has 0 spiro atoms. The van der Waals surface area contributed by atoms with Crippen molar-refractivity contribution in [3.63, 3.8) is 0 Å². The van der Waals surface area contributed by atoms with Crippen molar-refractivity contribution < 1.29 is 19.6 Å². The standard InChI is InChI=1S/C20H18ClN3O5/c21-14-6-4-13(5-7-14)12-23-17-9-8-15(24(28)29)11-16(17)19(20(23)27)22-10-2-1-3-18(25)26/h4-9,11H,1-3,10,12H2,(H,25,26)/p-1. The van der Waals surface area contributed by atoms with Crippen molar-refractivity contribution in [3.8, 4) is 0 Å². The molecule has 0 atom stereocenters. The second-order valence-corrected chi connectivity index (χ2v) is 6.97. The van der Waals surface area contributed by atoms with Crippen LogP contribution in [0.1, 0.15) is 30.4 Å². The van der Waals surface area contributed by atoms with E-state index in [0.29, 0.717) is 29.1 Å². The predicted octanol–water partition coefficient (Wildman–Crippen LogP) is 2.50. The number of amides is 1. The van der Waals surface area contributed by atoms with Gasteiger partial charge < -0.3 is 14.8 Å². The number of carboxylic acids is 1. The van der Waals surface area contributed by atoms with E-state index in [4.69, 9.17) is 11.6 Å². The van der Waals surface area contributed by atoms with Gasteiger partial charge >= 0.3 is 0 Å². The summed E-state index contributed by atoms with van der Waals surface area (Å²) in [7, 11) is 0. The smallest absolute Gasteiger partial charge is 0.277 e. The van der Waals surface area contributed by atoms with Gasteiger partial charge in [-0.15, -0.1) is 0 Å². The highest BCUT2D eigenvalue weighted by molar-refractivity contribution is 6.54. The lowest BCUT2D eigenvalue weighted by molar-refractivity contribution is -0.384. The second kappa shape index (κ2) is 8.83. The number of non-ortho nitro benzene ring substituents is 1. The Morgan fingerprint density at radius 1 is 1.14 bits per heavy atom. The van der Waals surface area contributed by atoms with Gasteiger partial charge in [-0.05, 0) is 43.0 Å². The molecule has 0 bridgehead atoms. The van der Waals surface area contributed by atoms with Crippen molar-refractivity contribution >= 4 is 40.6 Å². The summed E-state index contributed by atoms with van der Waals surface area (Å²) in [5.74, 6) is -1.49. The molecule has 2 aromatic carbocycles. The van der Waals surface area contributed by atoms with Crippen LogP contribution in [0.2, 0.25) is 5.02 Å². The number of carbonyl (C=O) groups excluding carboxylic acids is 2. The molecule has 1 aliphatic heterocycles. The number of carbonyl (C=O) groups is 2. The van der Waals surface area contributed by atoms with Gasteiger partial charge in [0, 0.05) is 35.2 Å². The first kappa shape index (κ1) is 20.5. The Morgan fingerprint density at radius 2 is 1.86 bits per heavy atom. The summed E-state index contributed by atoms with van der Waals surface area (Å²) in [5.41, 5.74) is 1.81. The van der Waals surface area contributed by atoms with Crippen LogP contribution in [0.25, 0.3) is 0 Å².